The average molecular weight is 296 g/mol. The van der Waals surface area contributed by atoms with Crippen LogP contribution in [0.5, 0.6) is 5.75 Å². The summed E-state index contributed by atoms with van der Waals surface area (Å²) in [5.41, 5.74) is 4.02. The molecule has 1 aliphatic rings. The predicted molar refractivity (Wildman–Crippen MR) is 93.2 cm³/mol. The fourth-order valence-electron chi connectivity index (χ4n) is 2.96. The van der Waals surface area contributed by atoms with Gasteiger partial charge in [-0.3, -0.25) is 0 Å². The van der Waals surface area contributed by atoms with E-state index in [0.717, 1.165) is 38.3 Å². The lowest BCUT2D eigenvalue weighted by atomic mass is 10.1. The summed E-state index contributed by atoms with van der Waals surface area (Å²) < 4.78 is 5.22. The highest BCUT2D eigenvalue weighted by Crippen LogP contribution is 2.23. The zero-order chi connectivity index (χ0) is 15.4. The first-order valence-corrected chi connectivity index (χ1v) is 8.03. The maximum atomic E-state index is 5.22. The van der Waals surface area contributed by atoms with E-state index < -0.39 is 0 Å². The SMILES string of the molecule is CCc1ccc(N2CCN(c3ccc(OC)cc3)CC2)cc1. The lowest BCUT2D eigenvalue weighted by Crippen LogP contribution is -2.46. The second-order valence-corrected chi connectivity index (χ2v) is 5.69. The lowest BCUT2D eigenvalue weighted by molar-refractivity contribution is 0.415. The maximum Gasteiger partial charge on any atom is 0.119 e. The zero-order valence-electron chi connectivity index (χ0n) is 13.5. The third-order valence-corrected chi connectivity index (χ3v) is 4.43. The second-order valence-electron chi connectivity index (χ2n) is 5.69. The molecule has 0 spiro atoms. The van der Waals surface area contributed by atoms with E-state index in [4.69, 9.17) is 4.74 Å². The quantitative estimate of drug-likeness (QED) is 0.857. The minimum atomic E-state index is 0.915. The van der Waals surface area contributed by atoms with Crippen LogP contribution in [0.3, 0.4) is 0 Å². The predicted octanol–water partition coefficient (Wildman–Crippen LogP) is 3.58. The molecule has 0 bridgehead atoms. The molecule has 0 unspecified atom stereocenters. The molecule has 116 valence electrons. The van der Waals surface area contributed by atoms with Crippen molar-refractivity contribution in [2.45, 2.75) is 13.3 Å². The Bertz CT molecular complexity index is 528. The molecule has 0 atom stereocenters. The fourth-order valence-corrected chi connectivity index (χ4v) is 2.96. The second kappa shape index (κ2) is 6.73. The average Bonchev–Trinajstić information content (AvgIpc) is 2.62. The van der Waals surface area contributed by atoms with Gasteiger partial charge in [0.25, 0.3) is 0 Å². The number of piperazine rings is 1. The van der Waals surface area contributed by atoms with Crippen molar-refractivity contribution in [1.82, 2.24) is 0 Å². The molecular weight excluding hydrogens is 272 g/mol. The minimum absolute atomic E-state index is 0.915. The zero-order valence-corrected chi connectivity index (χ0v) is 13.5. The standard InChI is InChI=1S/C19H24N2O/c1-3-16-4-6-17(7-5-16)20-12-14-21(15-13-20)18-8-10-19(22-2)11-9-18/h4-11H,3,12-15H2,1-2H3. The molecule has 3 heteroatoms. The van der Waals surface area contributed by atoms with Gasteiger partial charge in [-0.05, 0) is 48.4 Å². The van der Waals surface area contributed by atoms with Crippen molar-refractivity contribution in [2.75, 3.05) is 43.1 Å². The molecule has 0 aliphatic carbocycles. The van der Waals surface area contributed by atoms with Gasteiger partial charge in [0.05, 0.1) is 7.11 Å². The summed E-state index contributed by atoms with van der Waals surface area (Å²) in [5.74, 6) is 0.915. The Morgan fingerprint density at radius 3 is 1.64 bits per heavy atom. The molecule has 2 aromatic carbocycles. The van der Waals surface area contributed by atoms with Gasteiger partial charge in [0.15, 0.2) is 0 Å². The van der Waals surface area contributed by atoms with Crippen LogP contribution >= 0.6 is 0 Å². The summed E-state index contributed by atoms with van der Waals surface area (Å²) in [7, 11) is 1.71. The Hall–Kier alpha value is -2.16. The summed E-state index contributed by atoms with van der Waals surface area (Å²) in [4.78, 5) is 4.91. The van der Waals surface area contributed by atoms with Gasteiger partial charge in [-0.1, -0.05) is 19.1 Å². The summed E-state index contributed by atoms with van der Waals surface area (Å²) in [6, 6.07) is 17.3. The monoisotopic (exact) mass is 296 g/mol. The Kier molecular flexibility index (Phi) is 4.52. The third kappa shape index (κ3) is 3.19. The van der Waals surface area contributed by atoms with E-state index in [1.807, 2.05) is 12.1 Å². The number of aryl methyl sites for hydroxylation is 1. The number of nitrogens with zero attached hydrogens (tertiary/aromatic N) is 2. The van der Waals surface area contributed by atoms with Crippen LogP contribution in [-0.2, 0) is 6.42 Å². The number of ether oxygens (including phenoxy) is 1. The normalized spacial score (nSPS) is 15.0. The molecule has 1 fully saturated rings. The van der Waals surface area contributed by atoms with Crippen LogP contribution in [0.4, 0.5) is 11.4 Å². The number of hydrogen-bond acceptors (Lipinski definition) is 3. The van der Waals surface area contributed by atoms with Crippen LogP contribution in [0.2, 0.25) is 0 Å². The van der Waals surface area contributed by atoms with Gasteiger partial charge in [-0.25, -0.2) is 0 Å². The topological polar surface area (TPSA) is 15.7 Å². The van der Waals surface area contributed by atoms with Crippen molar-refractivity contribution >= 4 is 11.4 Å². The number of benzene rings is 2. The first-order valence-electron chi connectivity index (χ1n) is 8.03. The molecule has 0 radical (unpaired) electrons. The molecule has 1 heterocycles. The Morgan fingerprint density at radius 2 is 1.23 bits per heavy atom. The van der Waals surface area contributed by atoms with E-state index in [1.54, 1.807) is 7.11 Å². The van der Waals surface area contributed by atoms with Gasteiger partial charge < -0.3 is 14.5 Å². The Balaban J connectivity index is 1.61. The molecule has 0 amide bonds. The Morgan fingerprint density at radius 1 is 0.773 bits per heavy atom. The van der Waals surface area contributed by atoms with Crippen LogP contribution in [0.1, 0.15) is 12.5 Å². The first kappa shape index (κ1) is 14.8. The van der Waals surface area contributed by atoms with E-state index in [0.29, 0.717) is 0 Å². The molecule has 3 nitrogen and oxygen atoms in total. The molecular formula is C19H24N2O. The van der Waals surface area contributed by atoms with Crippen molar-refractivity contribution < 1.29 is 4.74 Å². The number of hydrogen-bond donors (Lipinski definition) is 0. The molecule has 3 rings (SSSR count). The Labute approximate surface area is 133 Å². The van der Waals surface area contributed by atoms with Gasteiger partial charge in [0, 0.05) is 37.6 Å². The highest BCUT2D eigenvalue weighted by molar-refractivity contribution is 5.53. The molecule has 22 heavy (non-hydrogen) atoms. The molecule has 1 aliphatic heterocycles. The third-order valence-electron chi connectivity index (χ3n) is 4.43. The van der Waals surface area contributed by atoms with Crippen LogP contribution in [0.25, 0.3) is 0 Å². The summed E-state index contributed by atoms with van der Waals surface area (Å²) in [6.45, 7) is 6.45. The number of rotatable bonds is 4. The van der Waals surface area contributed by atoms with E-state index in [1.165, 1.54) is 16.9 Å². The van der Waals surface area contributed by atoms with Crippen LogP contribution in [0, 0.1) is 0 Å². The van der Waals surface area contributed by atoms with E-state index >= 15 is 0 Å². The maximum absolute atomic E-state index is 5.22. The number of anilines is 2. The highest BCUT2D eigenvalue weighted by Gasteiger charge is 2.17. The van der Waals surface area contributed by atoms with Gasteiger partial charge in [-0.15, -0.1) is 0 Å². The number of methoxy groups -OCH3 is 1. The highest BCUT2D eigenvalue weighted by atomic mass is 16.5. The summed E-state index contributed by atoms with van der Waals surface area (Å²) in [6.07, 6.45) is 1.10. The van der Waals surface area contributed by atoms with Crippen LogP contribution < -0.4 is 14.5 Å². The van der Waals surface area contributed by atoms with Crippen LogP contribution in [0.15, 0.2) is 48.5 Å². The lowest BCUT2D eigenvalue weighted by Gasteiger charge is -2.37. The van der Waals surface area contributed by atoms with Crippen molar-refractivity contribution in [3.8, 4) is 5.75 Å². The molecule has 2 aromatic rings. The van der Waals surface area contributed by atoms with E-state index in [-0.39, 0.29) is 0 Å². The van der Waals surface area contributed by atoms with Gasteiger partial charge in [0.2, 0.25) is 0 Å². The van der Waals surface area contributed by atoms with Gasteiger partial charge in [-0.2, -0.15) is 0 Å². The largest absolute Gasteiger partial charge is 0.497 e. The van der Waals surface area contributed by atoms with E-state index in [9.17, 15) is 0 Å². The molecule has 0 aromatic heterocycles. The molecule has 0 N–H and O–H groups in total. The van der Waals surface area contributed by atoms with Crippen molar-refractivity contribution in [3.05, 3.63) is 54.1 Å². The fraction of sp³-hybridized carbons (Fsp3) is 0.368. The first-order chi connectivity index (χ1) is 10.8. The molecule has 1 saturated heterocycles. The van der Waals surface area contributed by atoms with Crippen LogP contribution in [-0.4, -0.2) is 33.3 Å². The van der Waals surface area contributed by atoms with Crippen molar-refractivity contribution in [1.29, 1.82) is 0 Å². The van der Waals surface area contributed by atoms with Crippen molar-refractivity contribution in [3.63, 3.8) is 0 Å². The summed E-state index contributed by atoms with van der Waals surface area (Å²) >= 11 is 0. The van der Waals surface area contributed by atoms with Gasteiger partial charge >= 0.3 is 0 Å². The molecule has 0 saturated carbocycles. The minimum Gasteiger partial charge on any atom is -0.497 e. The smallest absolute Gasteiger partial charge is 0.119 e. The van der Waals surface area contributed by atoms with Crippen molar-refractivity contribution in [2.24, 2.45) is 0 Å². The summed E-state index contributed by atoms with van der Waals surface area (Å²) in [5, 5.41) is 0. The van der Waals surface area contributed by atoms with E-state index in [2.05, 4.69) is 53.1 Å². The van der Waals surface area contributed by atoms with Gasteiger partial charge in [0.1, 0.15) is 5.75 Å².